The number of rotatable bonds is 38. The average molecular weight is 780 g/mol. The van der Waals surface area contributed by atoms with Crippen molar-refractivity contribution < 1.29 is 32.9 Å². The highest BCUT2D eigenvalue weighted by Crippen LogP contribution is 2.43. The summed E-state index contributed by atoms with van der Waals surface area (Å²) in [6, 6.07) is -0.848. The summed E-state index contributed by atoms with van der Waals surface area (Å²) in [4.78, 5) is 23.0. The number of phosphoric acid groups is 1. The van der Waals surface area contributed by atoms with Gasteiger partial charge in [-0.05, 0) is 57.8 Å². The molecule has 0 spiro atoms. The summed E-state index contributed by atoms with van der Waals surface area (Å²) < 4.78 is 23.5. The Balaban J connectivity index is 4.27. The molecule has 3 atom stereocenters. The topological polar surface area (TPSA) is 105 Å². The fraction of sp³-hybridized carbons (Fsp3) is 0.756. The molecule has 0 radical (unpaired) electrons. The summed E-state index contributed by atoms with van der Waals surface area (Å²) in [5, 5.41) is 13.7. The first-order valence-corrected chi connectivity index (χ1v) is 23.2. The maximum absolute atomic E-state index is 12.8. The minimum Gasteiger partial charge on any atom is -0.387 e. The fourth-order valence-corrected chi connectivity index (χ4v) is 6.53. The van der Waals surface area contributed by atoms with Crippen molar-refractivity contribution in [1.29, 1.82) is 0 Å². The number of aliphatic hydroxyl groups excluding tert-OH is 1. The molecule has 0 bridgehead atoms. The quantitative estimate of drug-likeness (QED) is 0.0249. The summed E-state index contributed by atoms with van der Waals surface area (Å²) in [6.07, 6.45) is 47.2. The van der Waals surface area contributed by atoms with E-state index in [0.717, 1.165) is 64.2 Å². The molecule has 0 fully saturated rings. The predicted octanol–water partition coefficient (Wildman–Crippen LogP) is 11.9. The van der Waals surface area contributed by atoms with E-state index in [9.17, 15) is 19.4 Å². The van der Waals surface area contributed by atoms with Crippen molar-refractivity contribution in [1.82, 2.24) is 5.32 Å². The fourth-order valence-electron chi connectivity index (χ4n) is 5.79. The zero-order valence-electron chi connectivity index (χ0n) is 35.4. The number of amides is 1. The highest BCUT2D eigenvalue weighted by Gasteiger charge is 2.27. The van der Waals surface area contributed by atoms with E-state index in [2.05, 4.69) is 67.8 Å². The zero-order valence-corrected chi connectivity index (χ0v) is 36.3. The van der Waals surface area contributed by atoms with Crippen LogP contribution in [0.2, 0.25) is 0 Å². The minimum absolute atomic E-state index is 0.0580. The van der Waals surface area contributed by atoms with E-state index in [0.29, 0.717) is 17.4 Å². The summed E-state index contributed by atoms with van der Waals surface area (Å²) >= 11 is 0. The molecular weight excluding hydrogens is 695 g/mol. The Morgan fingerprint density at radius 3 is 1.63 bits per heavy atom. The molecule has 0 saturated carbocycles. The molecule has 8 nitrogen and oxygen atoms in total. The summed E-state index contributed by atoms with van der Waals surface area (Å²) in [5.74, 6) is -0.188. The lowest BCUT2D eigenvalue weighted by Crippen LogP contribution is -2.45. The van der Waals surface area contributed by atoms with Crippen LogP contribution < -0.4 is 5.32 Å². The number of unbranched alkanes of at least 4 members (excludes halogenated alkanes) is 17. The highest BCUT2D eigenvalue weighted by atomic mass is 31.2. The molecule has 3 N–H and O–H groups in total. The van der Waals surface area contributed by atoms with Crippen LogP contribution in [-0.4, -0.2) is 73.4 Å². The van der Waals surface area contributed by atoms with Crippen molar-refractivity contribution in [3.05, 3.63) is 60.8 Å². The van der Waals surface area contributed by atoms with Gasteiger partial charge < -0.3 is 19.8 Å². The molecule has 0 aromatic rings. The van der Waals surface area contributed by atoms with Crippen LogP contribution in [0.4, 0.5) is 0 Å². The van der Waals surface area contributed by atoms with Crippen molar-refractivity contribution in [2.24, 2.45) is 0 Å². The second-order valence-electron chi connectivity index (χ2n) is 15.7. The molecule has 0 aliphatic carbocycles. The van der Waals surface area contributed by atoms with Crippen molar-refractivity contribution >= 4 is 13.7 Å². The maximum Gasteiger partial charge on any atom is 0.472 e. The third kappa shape index (κ3) is 38.5. The Kier molecular flexibility index (Phi) is 35.6. The van der Waals surface area contributed by atoms with E-state index in [1.807, 2.05) is 27.2 Å². The summed E-state index contributed by atoms with van der Waals surface area (Å²) in [5.41, 5.74) is 0. The molecule has 0 aromatic heterocycles. The lowest BCUT2D eigenvalue weighted by atomic mass is 10.0. The van der Waals surface area contributed by atoms with Crippen LogP contribution in [-0.2, 0) is 18.4 Å². The van der Waals surface area contributed by atoms with E-state index in [-0.39, 0.29) is 19.1 Å². The molecule has 3 unspecified atom stereocenters. The maximum atomic E-state index is 12.8. The van der Waals surface area contributed by atoms with Gasteiger partial charge in [-0.2, -0.15) is 0 Å². The number of likely N-dealkylation sites (N-methyl/N-ethyl adjacent to an activating group) is 1. The first kappa shape index (κ1) is 52.2. The lowest BCUT2D eigenvalue weighted by molar-refractivity contribution is -0.870. The van der Waals surface area contributed by atoms with E-state index in [1.54, 1.807) is 6.08 Å². The monoisotopic (exact) mass is 780 g/mol. The normalized spacial score (nSPS) is 15.0. The van der Waals surface area contributed by atoms with Crippen LogP contribution in [0, 0.1) is 0 Å². The van der Waals surface area contributed by atoms with Gasteiger partial charge in [0.15, 0.2) is 0 Å². The van der Waals surface area contributed by atoms with Crippen LogP contribution in [0.3, 0.4) is 0 Å². The number of quaternary nitrogens is 1. The number of phosphoric ester groups is 1. The smallest absolute Gasteiger partial charge is 0.387 e. The lowest BCUT2D eigenvalue weighted by Gasteiger charge is -2.25. The Hall–Kier alpha value is -1.80. The Labute approximate surface area is 332 Å². The largest absolute Gasteiger partial charge is 0.472 e. The van der Waals surface area contributed by atoms with Crippen molar-refractivity contribution in [2.45, 2.75) is 180 Å². The second-order valence-corrected chi connectivity index (χ2v) is 17.1. The van der Waals surface area contributed by atoms with E-state index >= 15 is 0 Å². The molecule has 0 saturated heterocycles. The van der Waals surface area contributed by atoms with Crippen molar-refractivity contribution in [2.75, 3.05) is 40.9 Å². The van der Waals surface area contributed by atoms with Crippen molar-refractivity contribution in [3.63, 3.8) is 0 Å². The number of hydrogen-bond donors (Lipinski definition) is 3. The van der Waals surface area contributed by atoms with E-state index in [1.165, 1.54) is 83.5 Å². The SMILES string of the molecule is CC/C=C\C/C=C\C/C=C\C/C=C\CCCCCCCCCCCCC(=O)NC(COP(=O)(O)OCC[N+](C)(C)C)C(O)/C=C/CCCCCCCCC. The molecule has 0 heterocycles. The molecule has 314 valence electrons. The van der Waals surface area contributed by atoms with Crippen LogP contribution in [0.15, 0.2) is 60.8 Å². The van der Waals surface area contributed by atoms with Gasteiger partial charge >= 0.3 is 7.82 Å². The molecule has 0 aromatic carbocycles. The third-order valence-electron chi connectivity index (χ3n) is 9.24. The number of nitrogens with zero attached hydrogens (tertiary/aromatic N) is 1. The van der Waals surface area contributed by atoms with Crippen molar-refractivity contribution in [3.8, 4) is 0 Å². The van der Waals surface area contributed by atoms with Gasteiger partial charge in [0.2, 0.25) is 5.91 Å². The van der Waals surface area contributed by atoms with Gasteiger partial charge in [-0.25, -0.2) is 4.57 Å². The van der Waals surface area contributed by atoms with Gasteiger partial charge in [-0.1, -0.05) is 164 Å². The Bertz CT molecular complexity index is 1060. The average Bonchev–Trinajstić information content (AvgIpc) is 3.12. The molecule has 0 aliphatic rings. The van der Waals surface area contributed by atoms with Gasteiger partial charge in [0, 0.05) is 6.42 Å². The van der Waals surface area contributed by atoms with Gasteiger partial charge in [0.05, 0.1) is 39.9 Å². The molecule has 54 heavy (non-hydrogen) atoms. The number of carbonyl (C=O) groups is 1. The second kappa shape index (κ2) is 36.8. The molecule has 1 amide bonds. The van der Waals surface area contributed by atoms with Gasteiger partial charge in [-0.15, -0.1) is 0 Å². The standard InChI is InChI=1S/C45H83N2O6P/c1-6-8-10-12-14-16-17-18-19-20-21-22-23-24-25-26-27-28-29-31-33-35-37-39-45(49)46-43(42-53-54(50,51)52-41-40-47(3,4)5)44(48)38-36-34-32-30-15-13-11-9-7-2/h8,10,14,16,18-19,21-22,36,38,43-44,48H,6-7,9,11-13,15,17,20,23-35,37,39-42H2,1-5H3,(H-,46,49,50,51)/p+1/b10-8-,16-14-,19-18-,22-21-,38-36+. The number of aliphatic hydroxyl groups is 1. The zero-order chi connectivity index (χ0) is 40.0. The Morgan fingerprint density at radius 2 is 1.11 bits per heavy atom. The van der Waals surface area contributed by atoms with Gasteiger partial charge in [-0.3, -0.25) is 13.8 Å². The molecule has 9 heteroatoms. The number of hydrogen-bond acceptors (Lipinski definition) is 5. The predicted molar refractivity (Wildman–Crippen MR) is 230 cm³/mol. The first-order valence-electron chi connectivity index (χ1n) is 21.7. The van der Waals surface area contributed by atoms with Gasteiger partial charge in [0.25, 0.3) is 0 Å². The highest BCUT2D eigenvalue weighted by molar-refractivity contribution is 7.47. The number of allylic oxidation sites excluding steroid dienone is 9. The van der Waals surface area contributed by atoms with Crippen LogP contribution >= 0.6 is 7.82 Å². The van der Waals surface area contributed by atoms with Crippen LogP contribution in [0.25, 0.3) is 0 Å². The summed E-state index contributed by atoms with van der Waals surface area (Å²) in [7, 11) is 1.56. The number of nitrogens with one attached hydrogen (secondary N) is 1. The van der Waals surface area contributed by atoms with Crippen LogP contribution in [0.5, 0.6) is 0 Å². The first-order chi connectivity index (χ1) is 26.0. The van der Waals surface area contributed by atoms with Crippen LogP contribution in [0.1, 0.15) is 168 Å². The molecule has 0 aliphatic heterocycles. The molecular formula is C45H84N2O6P+. The number of carbonyl (C=O) groups excluding carboxylic acids is 1. The molecule has 0 rings (SSSR count). The third-order valence-corrected chi connectivity index (χ3v) is 10.2. The van der Waals surface area contributed by atoms with E-state index < -0.39 is 20.0 Å². The van der Waals surface area contributed by atoms with E-state index in [4.69, 9.17) is 9.05 Å². The van der Waals surface area contributed by atoms with Gasteiger partial charge in [0.1, 0.15) is 13.2 Å². The summed E-state index contributed by atoms with van der Waals surface area (Å²) in [6.45, 7) is 4.65. The Morgan fingerprint density at radius 1 is 0.648 bits per heavy atom. The minimum atomic E-state index is -4.33.